The van der Waals surface area contributed by atoms with Crippen LogP contribution >= 0.6 is 11.6 Å². The van der Waals surface area contributed by atoms with Gasteiger partial charge in [-0.05, 0) is 117 Å². The van der Waals surface area contributed by atoms with Gasteiger partial charge in [-0.2, -0.15) is 0 Å². The molecule has 50 heavy (non-hydrogen) atoms. The van der Waals surface area contributed by atoms with Crippen LogP contribution in [0.5, 0.6) is 0 Å². The zero-order valence-electron chi connectivity index (χ0n) is 28.1. The molecule has 1 aliphatic carbocycles. The number of carboxylic acid groups (broad SMARTS) is 1. The topological polar surface area (TPSA) is 206 Å². The van der Waals surface area contributed by atoms with Crippen LogP contribution in [0.3, 0.4) is 0 Å². The summed E-state index contributed by atoms with van der Waals surface area (Å²) < 4.78 is 5.34. The second-order valence-corrected chi connectivity index (χ2v) is 13.2. The van der Waals surface area contributed by atoms with E-state index in [0.717, 1.165) is 29.5 Å². The highest BCUT2D eigenvalue weighted by Crippen LogP contribution is 2.32. The summed E-state index contributed by atoms with van der Waals surface area (Å²) in [5.74, 6) is -0.480. The van der Waals surface area contributed by atoms with Gasteiger partial charge in [0.25, 0.3) is 12.4 Å². The van der Waals surface area contributed by atoms with Crippen LogP contribution in [0.15, 0.2) is 66.9 Å². The van der Waals surface area contributed by atoms with E-state index in [0.29, 0.717) is 41.6 Å². The van der Waals surface area contributed by atoms with Crippen molar-refractivity contribution in [1.82, 2.24) is 30.9 Å². The fraction of sp³-hybridized carbons (Fsp3) is 0.371. The van der Waals surface area contributed by atoms with E-state index in [2.05, 4.69) is 30.9 Å². The fourth-order valence-electron chi connectivity index (χ4n) is 5.68. The quantitative estimate of drug-likeness (QED) is 0.134. The zero-order chi connectivity index (χ0) is 36.3. The van der Waals surface area contributed by atoms with Gasteiger partial charge < -0.3 is 20.9 Å². The van der Waals surface area contributed by atoms with E-state index in [4.69, 9.17) is 32.0 Å². The smallest absolute Gasteiger partial charge is 0.407 e. The van der Waals surface area contributed by atoms with Gasteiger partial charge in [0.1, 0.15) is 10.8 Å². The van der Waals surface area contributed by atoms with E-state index in [1.165, 1.54) is 4.90 Å². The standard InChI is InChI=1S/C34H39ClN8O4.CH2O2/c1-34(2,3)47-33(46)38-20-22-8-12-25(13-9-22)31(44)43(26-16-14-24(15-17-26)30-39-41-42-40-30)32(45)28(36)19-21-6-10-23(11-7-21)27-5-4-18-37-29(27)35;2-1-3/h4-7,10-11,14-18,22,25,28H,8-9,12-13,19-20,36H2,1-3H3,(H,38,46)(H,39,40,41,42);1H,(H,2,3)/t22-,25-,28-;/m0./s1. The Morgan fingerprint density at radius 2 is 1.70 bits per heavy atom. The molecule has 0 aliphatic heterocycles. The van der Waals surface area contributed by atoms with Crippen molar-refractivity contribution in [3.63, 3.8) is 0 Å². The highest BCUT2D eigenvalue weighted by molar-refractivity contribution is 6.32. The molecule has 1 atom stereocenters. The third-order valence-electron chi connectivity index (χ3n) is 8.11. The molecule has 15 heteroatoms. The van der Waals surface area contributed by atoms with Crippen molar-refractivity contribution in [2.45, 2.75) is 64.5 Å². The Bertz CT molecular complexity index is 1720. The number of anilines is 1. The second-order valence-electron chi connectivity index (χ2n) is 12.9. The first-order valence-corrected chi connectivity index (χ1v) is 16.5. The largest absolute Gasteiger partial charge is 0.483 e. The first-order chi connectivity index (χ1) is 23.9. The molecule has 1 fully saturated rings. The van der Waals surface area contributed by atoms with Crippen LogP contribution in [0.2, 0.25) is 5.15 Å². The van der Waals surface area contributed by atoms with Crippen LogP contribution in [0, 0.1) is 11.8 Å². The molecule has 0 bridgehead atoms. The average molecular weight is 705 g/mol. The number of carbonyl (C=O) groups is 4. The van der Waals surface area contributed by atoms with Gasteiger partial charge >= 0.3 is 6.09 Å². The Labute approximate surface area is 294 Å². The number of halogens is 1. The van der Waals surface area contributed by atoms with Crippen LogP contribution in [-0.4, -0.2) is 73.3 Å². The molecular formula is C35H41ClN8O6. The minimum atomic E-state index is -0.973. The SMILES string of the molecule is CC(C)(C)OC(=O)NC[C@H]1CC[C@H](C(=O)N(C(=O)[C@@H](N)Cc2ccc(-c3cccnc3Cl)cc2)c2ccc(-c3nnn[nH]3)cc2)CC1.O=CO. The fourth-order valence-corrected chi connectivity index (χ4v) is 5.91. The number of aromatic amines is 1. The van der Waals surface area contributed by atoms with Crippen molar-refractivity contribution in [2.24, 2.45) is 17.6 Å². The van der Waals surface area contributed by atoms with Gasteiger partial charge in [-0.1, -0.05) is 35.9 Å². The summed E-state index contributed by atoms with van der Waals surface area (Å²) in [6.45, 7) is 5.67. The third-order valence-corrected chi connectivity index (χ3v) is 8.41. The molecule has 1 aliphatic rings. The van der Waals surface area contributed by atoms with Crippen molar-refractivity contribution in [3.8, 4) is 22.5 Å². The predicted molar refractivity (Wildman–Crippen MR) is 187 cm³/mol. The molecule has 5 N–H and O–H groups in total. The maximum Gasteiger partial charge on any atom is 0.407 e. The molecule has 0 saturated heterocycles. The molecule has 3 amide bonds. The zero-order valence-corrected chi connectivity index (χ0v) is 28.8. The number of hydrogen-bond donors (Lipinski definition) is 4. The van der Waals surface area contributed by atoms with Gasteiger partial charge in [-0.15, -0.1) is 5.10 Å². The van der Waals surface area contributed by atoms with E-state index in [1.54, 1.807) is 30.5 Å². The normalized spacial score (nSPS) is 16.3. The average Bonchev–Trinajstić information content (AvgIpc) is 3.64. The lowest BCUT2D eigenvalue weighted by atomic mass is 9.81. The summed E-state index contributed by atoms with van der Waals surface area (Å²) in [5.41, 5.74) is 9.59. The number of amides is 3. The lowest BCUT2D eigenvalue weighted by Gasteiger charge is -2.32. The van der Waals surface area contributed by atoms with Gasteiger partial charge in [0, 0.05) is 29.8 Å². The molecule has 2 heterocycles. The summed E-state index contributed by atoms with van der Waals surface area (Å²) in [6.07, 6.45) is 4.02. The highest BCUT2D eigenvalue weighted by Gasteiger charge is 2.35. The number of ether oxygens (including phenoxy) is 1. The number of nitrogens with two attached hydrogens (primary N) is 1. The van der Waals surface area contributed by atoms with Crippen molar-refractivity contribution in [1.29, 1.82) is 0 Å². The van der Waals surface area contributed by atoms with Crippen molar-refractivity contribution in [3.05, 3.63) is 77.6 Å². The van der Waals surface area contributed by atoms with Crippen LogP contribution < -0.4 is 16.0 Å². The monoisotopic (exact) mass is 704 g/mol. The Morgan fingerprint density at radius 1 is 1.06 bits per heavy atom. The Kier molecular flexibility index (Phi) is 13.1. The summed E-state index contributed by atoms with van der Waals surface area (Å²) in [4.78, 5) is 53.9. The summed E-state index contributed by atoms with van der Waals surface area (Å²) in [6, 6.07) is 17.2. The van der Waals surface area contributed by atoms with Crippen LogP contribution in [-0.2, 0) is 25.5 Å². The number of aromatic nitrogens is 5. The van der Waals surface area contributed by atoms with Crippen LogP contribution in [0.4, 0.5) is 10.5 Å². The van der Waals surface area contributed by atoms with E-state index < -0.39 is 23.6 Å². The van der Waals surface area contributed by atoms with E-state index in [1.807, 2.05) is 57.2 Å². The number of tetrazole rings is 1. The van der Waals surface area contributed by atoms with Crippen molar-refractivity contribution < 1.29 is 29.0 Å². The Hall–Kier alpha value is -5.21. The summed E-state index contributed by atoms with van der Waals surface area (Å²) in [7, 11) is 0. The Balaban J connectivity index is 0.00000181. The number of rotatable bonds is 9. The minimum absolute atomic E-state index is 0.206. The van der Waals surface area contributed by atoms with Crippen molar-refractivity contribution >= 4 is 41.7 Å². The summed E-state index contributed by atoms with van der Waals surface area (Å²) in [5, 5.41) is 24.0. The molecule has 0 spiro atoms. The van der Waals surface area contributed by atoms with E-state index in [9.17, 15) is 14.4 Å². The predicted octanol–water partition coefficient (Wildman–Crippen LogP) is 5.04. The maximum absolute atomic E-state index is 14.1. The first kappa shape index (κ1) is 37.6. The van der Waals surface area contributed by atoms with Gasteiger partial charge in [0.15, 0.2) is 5.82 Å². The molecule has 0 unspecified atom stereocenters. The van der Waals surface area contributed by atoms with Gasteiger partial charge in [0.05, 0.1) is 11.7 Å². The molecule has 2 aromatic carbocycles. The van der Waals surface area contributed by atoms with Crippen LogP contribution in [0.1, 0.15) is 52.0 Å². The maximum atomic E-state index is 14.1. The molecule has 264 valence electrons. The lowest BCUT2D eigenvalue weighted by molar-refractivity contribution is -0.130. The van der Waals surface area contributed by atoms with Crippen molar-refractivity contribution in [2.75, 3.05) is 11.4 Å². The van der Waals surface area contributed by atoms with Gasteiger partial charge in [-0.25, -0.2) is 19.8 Å². The van der Waals surface area contributed by atoms with Crippen LogP contribution in [0.25, 0.3) is 22.5 Å². The molecular weight excluding hydrogens is 664 g/mol. The minimum Gasteiger partial charge on any atom is -0.483 e. The molecule has 1 saturated carbocycles. The number of benzene rings is 2. The number of pyridine rings is 1. The lowest BCUT2D eigenvalue weighted by Crippen LogP contribution is -2.50. The number of carbonyl (C=O) groups excluding carboxylic acids is 3. The summed E-state index contributed by atoms with van der Waals surface area (Å²) >= 11 is 6.26. The molecule has 14 nitrogen and oxygen atoms in total. The number of nitrogens with zero attached hydrogens (tertiary/aromatic N) is 5. The first-order valence-electron chi connectivity index (χ1n) is 16.1. The highest BCUT2D eigenvalue weighted by atomic mass is 35.5. The molecule has 5 rings (SSSR count). The number of nitrogens with one attached hydrogen (secondary N) is 2. The third kappa shape index (κ3) is 10.4. The van der Waals surface area contributed by atoms with Gasteiger partial charge in [0.2, 0.25) is 5.91 Å². The Morgan fingerprint density at radius 3 is 2.28 bits per heavy atom. The number of H-pyrrole nitrogens is 1. The number of alkyl carbamates (subject to hydrolysis) is 1. The van der Waals surface area contributed by atoms with E-state index in [-0.39, 0.29) is 30.6 Å². The number of hydrogen-bond acceptors (Lipinski definition) is 10. The van der Waals surface area contributed by atoms with Gasteiger partial charge in [-0.3, -0.25) is 14.4 Å². The molecule has 0 radical (unpaired) electrons. The number of imide groups is 1. The molecule has 4 aromatic rings. The second kappa shape index (κ2) is 17.4. The van der Waals surface area contributed by atoms with E-state index >= 15 is 0 Å². The molecule has 2 aromatic heterocycles.